The largest absolute Gasteiger partial charge is 0.508 e. The highest BCUT2D eigenvalue weighted by molar-refractivity contribution is 6.03. The monoisotopic (exact) mass is 628 g/mol. The van der Waals surface area contributed by atoms with Crippen LogP contribution < -0.4 is 9.64 Å². The first-order valence-electron chi connectivity index (χ1n) is 15.3. The van der Waals surface area contributed by atoms with Crippen molar-refractivity contribution >= 4 is 27.5 Å². The van der Waals surface area contributed by atoms with Gasteiger partial charge in [0.25, 0.3) is 0 Å². The first-order chi connectivity index (χ1) is 22.3. The van der Waals surface area contributed by atoms with Crippen LogP contribution in [0.15, 0.2) is 30.5 Å². The van der Waals surface area contributed by atoms with Gasteiger partial charge in [-0.1, -0.05) is 12.0 Å². The number of hydrogen-bond donors (Lipinski definition) is 1. The number of terminal acetylenes is 1. The number of halogens is 3. The lowest BCUT2D eigenvalue weighted by atomic mass is 9.95. The molecule has 4 aromatic rings. The standard InChI is InChI=1S/C34H31F3N6O3/c1-3-24-27(36)7-6-20-12-22(44)13-25(28(20)24)30-29(37)31-26(16-39-30)32(42-9-5-11-45-23(18-42)15-38-2)41-33(40-31)46-19-34-8-4-10-43(34)17-21(35)14-34/h1,6-7,12-13,16,21,23,44H,4-5,8-11,14-15,17-19H2/t21-,23+,34+/m1/s1. The van der Waals surface area contributed by atoms with E-state index in [2.05, 4.69) is 25.6 Å². The molecular weight excluding hydrogens is 597 g/mol. The number of benzene rings is 2. The lowest BCUT2D eigenvalue weighted by Gasteiger charge is -2.31. The average Bonchev–Trinajstić information content (AvgIpc) is 3.46. The predicted molar refractivity (Wildman–Crippen MR) is 166 cm³/mol. The number of phenolic OH excluding ortho intramolecular Hbond substituents is 1. The fourth-order valence-electron chi connectivity index (χ4n) is 7.22. The number of fused-ring (bicyclic) bond motifs is 3. The molecule has 3 fully saturated rings. The molecule has 7 rings (SSSR count). The van der Waals surface area contributed by atoms with Crippen LogP contribution in [0.4, 0.5) is 19.0 Å². The molecule has 2 aromatic carbocycles. The fraction of sp³-hybridized carbons (Fsp3) is 0.412. The zero-order valence-electron chi connectivity index (χ0n) is 25.0. The first-order valence-corrected chi connectivity index (χ1v) is 15.3. The molecule has 236 valence electrons. The van der Waals surface area contributed by atoms with Gasteiger partial charge in [-0.3, -0.25) is 9.88 Å². The van der Waals surface area contributed by atoms with Crippen LogP contribution in [0.2, 0.25) is 0 Å². The zero-order chi connectivity index (χ0) is 32.0. The van der Waals surface area contributed by atoms with Crippen molar-refractivity contribution in [3.63, 3.8) is 0 Å². The Morgan fingerprint density at radius 2 is 2.07 bits per heavy atom. The van der Waals surface area contributed by atoms with E-state index >= 15 is 4.39 Å². The number of ether oxygens (including phenoxy) is 2. The molecule has 0 saturated carbocycles. The van der Waals surface area contributed by atoms with Gasteiger partial charge >= 0.3 is 6.01 Å². The van der Waals surface area contributed by atoms with E-state index in [1.807, 2.05) is 4.90 Å². The van der Waals surface area contributed by atoms with Gasteiger partial charge in [0.05, 0.1) is 23.0 Å². The average molecular weight is 629 g/mol. The van der Waals surface area contributed by atoms with E-state index in [1.165, 1.54) is 30.5 Å². The number of hydrogen-bond acceptors (Lipinski definition) is 8. The van der Waals surface area contributed by atoms with Gasteiger partial charge in [-0.05, 0) is 49.4 Å². The Kier molecular flexibility index (Phi) is 7.79. The Hall–Kier alpha value is -4.65. The van der Waals surface area contributed by atoms with Crippen LogP contribution in [0.25, 0.3) is 37.8 Å². The summed E-state index contributed by atoms with van der Waals surface area (Å²) in [7, 11) is 0. The van der Waals surface area contributed by atoms with E-state index < -0.39 is 23.3 Å². The maximum atomic E-state index is 16.8. The number of aromatic hydroxyl groups is 1. The van der Waals surface area contributed by atoms with Gasteiger partial charge < -0.3 is 24.3 Å². The van der Waals surface area contributed by atoms with Gasteiger partial charge in [0.15, 0.2) is 5.82 Å². The molecule has 0 unspecified atom stereocenters. The lowest BCUT2D eigenvalue weighted by Crippen LogP contribution is -2.43. The molecule has 3 aliphatic rings. The Bertz CT molecular complexity index is 1930. The molecule has 0 bridgehead atoms. The van der Waals surface area contributed by atoms with E-state index in [0.29, 0.717) is 55.7 Å². The van der Waals surface area contributed by atoms with Gasteiger partial charge in [0, 0.05) is 43.3 Å². The van der Waals surface area contributed by atoms with Crippen LogP contribution in [0, 0.1) is 30.6 Å². The fourth-order valence-corrected chi connectivity index (χ4v) is 7.22. The van der Waals surface area contributed by atoms with Gasteiger partial charge in [-0.2, -0.15) is 9.97 Å². The third-order valence-electron chi connectivity index (χ3n) is 9.27. The van der Waals surface area contributed by atoms with E-state index in [0.717, 1.165) is 19.4 Å². The van der Waals surface area contributed by atoms with E-state index in [9.17, 15) is 13.9 Å². The van der Waals surface area contributed by atoms with Gasteiger partial charge in [0.1, 0.15) is 47.5 Å². The molecule has 2 aromatic heterocycles. The summed E-state index contributed by atoms with van der Waals surface area (Å²) in [4.78, 5) is 21.2. The van der Waals surface area contributed by atoms with Crippen molar-refractivity contribution in [3.05, 3.63) is 59.1 Å². The molecule has 0 spiro atoms. The molecule has 0 radical (unpaired) electrons. The predicted octanol–water partition coefficient (Wildman–Crippen LogP) is 5.28. The Morgan fingerprint density at radius 3 is 2.89 bits per heavy atom. The second-order valence-electron chi connectivity index (χ2n) is 12.2. The summed E-state index contributed by atoms with van der Waals surface area (Å²) in [6.07, 6.45) is 8.47. The van der Waals surface area contributed by atoms with E-state index in [4.69, 9.17) is 27.5 Å². The van der Waals surface area contributed by atoms with E-state index in [-0.39, 0.29) is 58.7 Å². The smallest absolute Gasteiger partial charge is 0.319 e. The second kappa shape index (κ2) is 11.9. The van der Waals surface area contributed by atoms with Crippen molar-refractivity contribution in [2.45, 2.75) is 43.5 Å². The summed E-state index contributed by atoms with van der Waals surface area (Å²) in [5.74, 6) is 1.04. The molecule has 9 nitrogen and oxygen atoms in total. The summed E-state index contributed by atoms with van der Waals surface area (Å²) >= 11 is 0. The zero-order valence-corrected chi connectivity index (χ0v) is 25.0. The molecule has 0 amide bonds. The van der Waals surface area contributed by atoms with Crippen LogP contribution in [-0.4, -0.2) is 88.7 Å². The highest BCUT2D eigenvalue weighted by Crippen LogP contribution is 2.42. The number of aromatic nitrogens is 3. The van der Waals surface area contributed by atoms with E-state index in [1.54, 1.807) is 0 Å². The number of phenols is 1. The maximum Gasteiger partial charge on any atom is 0.319 e. The van der Waals surface area contributed by atoms with Crippen molar-refractivity contribution in [1.82, 2.24) is 19.9 Å². The molecule has 12 heteroatoms. The number of rotatable bonds is 6. The second-order valence-corrected chi connectivity index (χ2v) is 12.2. The minimum Gasteiger partial charge on any atom is -0.508 e. The Balaban J connectivity index is 1.38. The molecule has 0 aliphatic carbocycles. The molecular formula is C34H31F3N6O3. The number of anilines is 1. The van der Waals surface area contributed by atoms with Crippen LogP contribution >= 0.6 is 0 Å². The Labute approximate surface area is 263 Å². The van der Waals surface area contributed by atoms with Crippen LogP contribution in [0.1, 0.15) is 31.2 Å². The normalized spacial score (nSPS) is 23.3. The van der Waals surface area contributed by atoms with Crippen LogP contribution in [-0.2, 0) is 4.74 Å². The van der Waals surface area contributed by atoms with Crippen LogP contribution in [0.5, 0.6) is 11.8 Å². The quantitative estimate of drug-likeness (QED) is 0.228. The highest BCUT2D eigenvalue weighted by Gasteiger charge is 2.49. The molecule has 46 heavy (non-hydrogen) atoms. The third-order valence-corrected chi connectivity index (χ3v) is 9.27. The summed E-state index contributed by atoms with van der Waals surface area (Å²) < 4.78 is 58.1. The summed E-state index contributed by atoms with van der Waals surface area (Å²) in [5.41, 5.74) is -0.743. The Morgan fingerprint density at radius 1 is 1.20 bits per heavy atom. The molecule has 3 saturated heterocycles. The van der Waals surface area contributed by atoms with Crippen molar-refractivity contribution < 1.29 is 27.8 Å². The molecule has 3 atom stereocenters. The van der Waals surface area contributed by atoms with Crippen molar-refractivity contribution in [1.29, 1.82) is 0 Å². The third kappa shape index (κ3) is 5.21. The SMILES string of the molecule is [C-]#[N+]C[C@H]1CN(c2nc(OC[C@@]34CCCN3C[C@H](F)C4)nc3c(F)c(-c4cc(O)cc5ccc(F)c(C#C)c45)ncc23)CCCO1. The summed E-state index contributed by atoms with van der Waals surface area (Å²) in [6.45, 7) is 10.1. The topological polar surface area (TPSA) is 88.2 Å². The first kappa shape index (κ1) is 30.0. The maximum absolute atomic E-state index is 16.8. The lowest BCUT2D eigenvalue weighted by molar-refractivity contribution is 0.0799. The van der Waals surface area contributed by atoms with Gasteiger partial charge in [-0.25, -0.2) is 19.7 Å². The number of pyridine rings is 1. The van der Waals surface area contributed by atoms with Crippen molar-refractivity contribution in [2.24, 2.45) is 0 Å². The minimum atomic E-state index is -0.950. The minimum absolute atomic E-state index is 0.0786. The molecule has 5 heterocycles. The van der Waals surface area contributed by atoms with Gasteiger partial charge in [0.2, 0.25) is 6.54 Å². The summed E-state index contributed by atoms with van der Waals surface area (Å²) in [6, 6.07) is 5.28. The number of alkyl halides is 1. The van der Waals surface area contributed by atoms with Crippen molar-refractivity contribution in [3.8, 4) is 35.4 Å². The highest BCUT2D eigenvalue weighted by atomic mass is 19.1. The van der Waals surface area contributed by atoms with Crippen LogP contribution in [0.3, 0.4) is 0 Å². The number of nitrogens with zero attached hydrogens (tertiary/aromatic N) is 6. The summed E-state index contributed by atoms with van der Waals surface area (Å²) in [5, 5.41) is 11.5. The molecule has 1 N–H and O–H groups in total. The van der Waals surface area contributed by atoms with Gasteiger partial charge in [-0.15, -0.1) is 6.42 Å². The van der Waals surface area contributed by atoms with Crippen molar-refractivity contribution in [2.75, 3.05) is 50.8 Å². The molecule has 3 aliphatic heterocycles.